The first-order chi connectivity index (χ1) is 6.70. The van der Waals surface area contributed by atoms with Crippen LogP contribution in [0.2, 0.25) is 0 Å². The van der Waals surface area contributed by atoms with Gasteiger partial charge in [0.2, 0.25) is 0 Å². The fraction of sp³-hybridized carbons (Fsp3) is 0.833. The van der Waals surface area contributed by atoms with E-state index in [0.717, 1.165) is 44.9 Å². The molecule has 2 nitrogen and oxygen atoms in total. The standard InChI is InChI=1S/C12H22O2/c1-3-5-8-12(13)9-6-11(7-10-12)14-4-2/h4,11,13H,2-3,5-10H2,1H3. The average molecular weight is 198 g/mol. The van der Waals surface area contributed by atoms with Gasteiger partial charge in [0, 0.05) is 0 Å². The molecule has 0 radical (unpaired) electrons. The van der Waals surface area contributed by atoms with E-state index < -0.39 is 5.60 Å². The fourth-order valence-electron chi connectivity index (χ4n) is 2.16. The predicted molar refractivity (Wildman–Crippen MR) is 58.0 cm³/mol. The zero-order valence-corrected chi connectivity index (χ0v) is 9.17. The number of hydrogen-bond donors (Lipinski definition) is 1. The lowest BCUT2D eigenvalue weighted by atomic mass is 9.80. The van der Waals surface area contributed by atoms with Gasteiger partial charge in [0.15, 0.2) is 0 Å². The van der Waals surface area contributed by atoms with Gasteiger partial charge in [0.1, 0.15) is 0 Å². The van der Waals surface area contributed by atoms with Crippen LogP contribution in [0.25, 0.3) is 0 Å². The molecule has 0 bridgehead atoms. The molecule has 1 saturated carbocycles. The van der Waals surface area contributed by atoms with Gasteiger partial charge in [-0.2, -0.15) is 0 Å². The molecular formula is C12H22O2. The average Bonchev–Trinajstić information content (AvgIpc) is 2.20. The second-order valence-corrected chi connectivity index (χ2v) is 4.33. The summed E-state index contributed by atoms with van der Waals surface area (Å²) < 4.78 is 5.33. The van der Waals surface area contributed by atoms with E-state index >= 15 is 0 Å². The van der Waals surface area contributed by atoms with Gasteiger partial charge in [-0.1, -0.05) is 26.3 Å². The van der Waals surface area contributed by atoms with Crippen molar-refractivity contribution >= 4 is 0 Å². The minimum atomic E-state index is -0.406. The van der Waals surface area contributed by atoms with Crippen molar-refractivity contribution in [3.63, 3.8) is 0 Å². The molecule has 0 aliphatic heterocycles. The van der Waals surface area contributed by atoms with Crippen LogP contribution in [-0.2, 0) is 4.74 Å². The predicted octanol–water partition coefficient (Wildman–Crippen LogP) is 3.01. The Morgan fingerprint density at radius 2 is 2.14 bits per heavy atom. The molecule has 0 aromatic heterocycles. The van der Waals surface area contributed by atoms with E-state index in [-0.39, 0.29) is 6.10 Å². The van der Waals surface area contributed by atoms with Gasteiger partial charge in [0.05, 0.1) is 18.0 Å². The third-order valence-electron chi connectivity index (χ3n) is 3.15. The molecule has 82 valence electrons. The van der Waals surface area contributed by atoms with Crippen molar-refractivity contribution in [3.05, 3.63) is 12.8 Å². The van der Waals surface area contributed by atoms with Gasteiger partial charge in [-0.05, 0) is 32.1 Å². The highest BCUT2D eigenvalue weighted by atomic mass is 16.5. The van der Waals surface area contributed by atoms with E-state index in [2.05, 4.69) is 13.5 Å². The molecule has 0 unspecified atom stereocenters. The van der Waals surface area contributed by atoms with Gasteiger partial charge in [-0.15, -0.1) is 0 Å². The van der Waals surface area contributed by atoms with Gasteiger partial charge >= 0.3 is 0 Å². The van der Waals surface area contributed by atoms with E-state index in [1.165, 1.54) is 6.26 Å². The van der Waals surface area contributed by atoms with Crippen molar-refractivity contribution in [2.45, 2.75) is 63.6 Å². The maximum absolute atomic E-state index is 10.2. The van der Waals surface area contributed by atoms with Gasteiger partial charge in [-0.3, -0.25) is 0 Å². The number of ether oxygens (including phenoxy) is 1. The van der Waals surface area contributed by atoms with Gasteiger partial charge in [0.25, 0.3) is 0 Å². The van der Waals surface area contributed by atoms with E-state index in [4.69, 9.17) is 4.74 Å². The lowest BCUT2D eigenvalue weighted by molar-refractivity contribution is -0.0415. The summed E-state index contributed by atoms with van der Waals surface area (Å²) >= 11 is 0. The Bertz CT molecular complexity index is 169. The molecule has 14 heavy (non-hydrogen) atoms. The molecule has 0 aromatic carbocycles. The zero-order valence-electron chi connectivity index (χ0n) is 9.17. The summed E-state index contributed by atoms with van der Waals surface area (Å²) in [4.78, 5) is 0. The SMILES string of the molecule is C=COC1CCC(O)(CCCC)CC1. The normalized spacial score (nSPS) is 32.6. The van der Waals surface area contributed by atoms with Crippen molar-refractivity contribution in [3.8, 4) is 0 Å². The largest absolute Gasteiger partial charge is 0.499 e. The molecule has 1 fully saturated rings. The molecule has 0 aromatic rings. The molecule has 0 saturated heterocycles. The smallest absolute Gasteiger partial charge is 0.0980 e. The van der Waals surface area contributed by atoms with Crippen molar-refractivity contribution in [1.29, 1.82) is 0 Å². The van der Waals surface area contributed by atoms with Crippen LogP contribution < -0.4 is 0 Å². The maximum atomic E-state index is 10.2. The molecule has 0 spiro atoms. The fourth-order valence-corrected chi connectivity index (χ4v) is 2.16. The molecule has 1 aliphatic carbocycles. The summed E-state index contributed by atoms with van der Waals surface area (Å²) in [5, 5.41) is 10.2. The van der Waals surface area contributed by atoms with Crippen LogP contribution in [0.1, 0.15) is 51.9 Å². The molecule has 2 heteroatoms. The Balaban J connectivity index is 2.29. The number of hydrogen-bond acceptors (Lipinski definition) is 2. The monoisotopic (exact) mass is 198 g/mol. The lowest BCUT2D eigenvalue weighted by Gasteiger charge is -2.35. The minimum absolute atomic E-state index is 0.286. The van der Waals surface area contributed by atoms with Gasteiger partial charge in [-0.25, -0.2) is 0 Å². The molecular weight excluding hydrogens is 176 g/mol. The van der Waals surface area contributed by atoms with E-state index in [0.29, 0.717) is 0 Å². The van der Waals surface area contributed by atoms with E-state index in [1.807, 2.05) is 0 Å². The Morgan fingerprint density at radius 1 is 1.50 bits per heavy atom. The molecule has 1 aliphatic rings. The van der Waals surface area contributed by atoms with Crippen molar-refractivity contribution < 1.29 is 9.84 Å². The Morgan fingerprint density at radius 3 is 2.64 bits per heavy atom. The quantitative estimate of drug-likeness (QED) is 0.688. The van der Waals surface area contributed by atoms with Crippen LogP contribution >= 0.6 is 0 Å². The van der Waals surface area contributed by atoms with E-state index in [1.54, 1.807) is 0 Å². The Labute approximate surface area is 87.0 Å². The first-order valence-electron chi connectivity index (χ1n) is 5.69. The molecule has 1 rings (SSSR count). The van der Waals surface area contributed by atoms with Crippen LogP contribution in [-0.4, -0.2) is 16.8 Å². The number of rotatable bonds is 5. The number of aliphatic hydroxyl groups is 1. The summed E-state index contributed by atoms with van der Waals surface area (Å²) in [5.74, 6) is 0. The zero-order chi connectivity index (χ0) is 10.4. The van der Waals surface area contributed by atoms with Crippen LogP contribution in [0.3, 0.4) is 0 Å². The van der Waals surface area contributed by atoms with Crippen LogP contribution in [0.5, 0.6) is 0 Å². The molecule has 0 atom stereocenters. The summed E-state index contributed by atoms with van der Waals surface area (Å²) in [6, 6.07) is 0. The second kappa shape index (κ2) is 5.40. The number of unbranched alkanes of at least 4 members (excludes halogenated alkanes) is 1. The van der Waals surface area contributed by atoms with Crippen LogP contribution in [0.15, 0.2) is 12.8 Å². The maximum Gasteiger partial charge on any atom is 0.0980 e. The first-order valence-corrected chi connectivity index (χ1v) is 5.69. The highest BCUT2D eigenvalue weighted by Gasteiger charge is 2.32. The summed E-state index contributed by atoms with van der Waals surface area (Å²) in [6.07, 6.45) is 8.73. The highest BCUT2D eigenvalue weighted by Crippen LogP contribution is 2.33. The molecule has 1 N–H and O–H groups in total. The first kappa shape index (κ1) is 11.6. The molecule has 0 amide bonds. The Hall–Kier alpha value is -0.500. The van der Waals surface area contributed by atoms with Crippen molar-refractivity contribution in [2.75, 3.05) is 0 Å². The summed E-state index contributed by atoms with van der Waals surface area (Å²) in [5.41, 5.74) is -0.406. The summed E-state index contributed by atoms with van der Waals surface area (Å²) in [6.45, 7) is 5.72. The highest BCUT2D eigenvalue weighted by molar-refractivity contribution is 4.86. The van der Waals surface area contributed by atoms with Crippen LogP contribution in [0, 0.1) is 0 Å². The summed E-state index contributed by atoms with van der Waals surface area (Å²) in [7, 11) is 0. The topological polar surface area (TPSA) is 29.5 Å². The third kappa shape index (κ3) is 3.33. The lowest BCUT2D eigenvalue weighted by Crippen LogP contribution is -2.36. The van der Waals surface area contributed by atoms with Crippen LogP contribution in [0.4, 0.5) is 0 Å². The minimum Gasteiger partial charge on any atom is -0.499 e. The third-order valence-corrected chi connectivity index (χ3v) is 3.15. The molecule has 0 heterocycles. The van der Waals surface area contributed by atoms with E-state index in [9.17, 15) is 5.11 Å². The van der Waals surface area contributed by atoms with Crippen molar-refractivity contribution in [2.24, 2.45) is 0 Å². The Kier molecular flexibility index (Phi) is 4.46. The van der Waals surface area contributed by atoms with Gasteiger partial charge < -0.3 is 9.84 Å². The van der Waals surface area contributed by atoms with Crippen molar-refractivity contribution in [1.82, 2.24) is 0 Å². The second-order valence-electron chi connectivity index (χ2n) is 4.33.